The lowest BCUT2D eigenvalue weighted by Gasteiger charge is -2.37. The Morgan fingerprint density at radius 2 is 2.22 bits per heavy atom. The van der Waals surface area contributed by atoms with Gasteiger partial charge in [0, 0.05) is 13.5 Å². The lowest BCUT2D eigenvalue weighted by molar-refractivity contribution is -0.169. The van der Waals surface area contributed by atoms with Crippen molar-refractivity contribution in [2.75, 3.05) is 13.7 Å². The molecule has 2 aliphatic rings. The molecule has 2 rings (SSSR count). The van der Waals surface area contributed by atoms with Crippen molar-refractivity contribution in [3.8, 4) is 0 Å². The minimum absolute atomic E-state index is 0.0184. The van der Waals surface area contributed by atoms with Crippen LogP contribution in [-0.2, 0) is 19.1 Å². The predicted molar refractivity (Wildman–Crippen MR) is 64.7 cm³/mol. The number of fused-ring (bicyclic) bond motifs is 1. The second-order valence-electron chi connectivity index (χ2n) is 4.95. The lowest BCUT2D eigenvalue weighted by Crippen LogP contribution is -2.55. The zero-order chi connectivity index (χ0) is 13.2. The molecule has 0 aromatic heterocycles. The Kier molecular flexibility index (Phi) is 3.90. The first-order valence-corrected chi connectivity index (χ1v) is 6.68. The Bertz CT molecular complexity index is 344. The highest BCUT2D eigenvalue weighted by atomic mass is 16.5. The third-order valence-corrected chi connectivity index (χ3v) is 3.98. The van der Waals surface area contributed by atoms with Gasteiger partial charge in [-0.15, -0.1) is 0 Å². The summed E-state index contributed by atoms with van der Waals surface area (Å²) in [6, 6.07) is 0. The van der Waals surface area contributed by atoms with Gasteiger partial charge in [-0.25, -0.2) is 4.79 Å². The summed E-state index contributed by atoms with van der Waals surface area (Å²) in [6.45, 7) is 2.14. The van der Waals surface area contributed by atoms with Gasteiger partial charge in [0.15, 0.2) is 0 Å². The Labute approximate surface area is 107 Å². The fraction of sp³-hybridized carbons (Fsp3) is 0.846. The van der Waals surface area contributed by atoms with E-state index in [1.807, 2.05) is 0 Å². The molecule has 1 amide bonds. The summed E-state index contributed by atoms with van der Waals surface area (Å²) in [5, 5.41) is 0. The molecule has 2 atom stereocenters. The number of rotatable bonds is 3. The van der Waals surface area contributed by atoms with Gasteiger partial charge in [-0.05, 0) is 39.0 Å². The summed E-state index contributed by atoms with van der Waals surface area (Å²) in [6.07, 6.45) is 4.00. The van der Waals surface area contributed by atoms with Crippen molar-refractivity contribution < 1.29 is 19.1 Å². The van der Waals surface area contributed by atoms with Gasteiger partial charge in [-0.1, -0.05) is 0 Å². The molecule has 2 saturated heterocycles. The van der Waals surface area contributed by atoms with Crippen LogP contribution in [0.3, 0.4) is 0 Å². The maximum absolute atomic E-state index is 12.3. The minimum Gasteiger partial charge on any atom is -0.464 e. The van der Waals surface area contributed by atoms with Gasteiger partial charge in [0.05, 0.1) is 6.61 Å². The number of hydrogen-bond acceptors (Lipinski definition) is 4. The molecule has 102 valence electrons. The molecule has 0 aromatic rings. The molecular weight excluding hydrogens is 234 g/mol. The van der Waals surface area contributed by atoms with Gasteiger partial charge < -0.3 is 14.4 Å². The van der Waals surface area contributed by atoms with Gasteiger partial charge in [0.1, 0.15) is 11.8 Å². The molecule has 18 heavy (non-hydrogen) atoms. The molecule has 5 nitrogen and oxygen atoms in total. The van der Waals surface area contributed by atoms with Crippen molar-refractivity contribution in [3.63, 3.8) is 0 Å². The van der Waals surface area contributed by atoms with E-state index in [4.69, 9.17) is 9.47 Å². The minimum atomic E-state index is -0.774. The van der Waals surface area contributed by atoms with Crippen LogP contribution in [0.1, 0.15) is 45.4 Å². The maximum atomic E-state index is 12.3. The van der Waals surface area contributed by atoms with Gasteiger partial charge in [0.2, 0.25) is 5.91 Å². The number of amides is 1. The number of carbonyl (C=O) groups excluding carboxylic acids is 2. The lowest BCUT2D eigenvalue weighted by atomic mass is 9.91. The van der Waals surface area contributed by atoms with E-state index in [1.54, 1.807) is 18.9 Å². The molecular formula is C13H21NO4. The third-order valence-electron chi connectivity index (χ3n) is 3.98. The van der Waals surface area contributed by atoms with Crippen LogP contribution in [0.25, 0.3) is 0 Å². The van der Waals surface area contributed by atoms with Crippen molar-refractivity contribution >= 4 is 11.9 Å². The second-order valence-corrected chi connectivity index (χ2v) is 4.95. The van der Waals surface area contributed by atoms with E-state index in [-0.39, 0.29) is 18.1 Å². The molecule has 0 N–H and O–H groups in total. The average Bonchev–Trinajstić information content (AvgIpc) is 2.66. The van der Waals surface area contributed by atoms with Crippen LogP contribution in [0.5, 0.6) is 0 Å². The van der Waals surface area contributed by atoms with E-state index in [9.17, 15) is 9.59 Å². The van der Waals surface area contributed by atoms with Crippen molar-refractivity contribution in [1.29, 1.82) is 0 Å². The Balaban J connectivity index is 2.33. The van der Waals surface area contributed by atoms with Gasteiger partial charge in [-0.3, -0.25) is 4.79 Å². The van der Waals surface area contributed by atoms with Gasteiger partial charge in [-0.2, -0.15) is 0 Å². The molecule has 0 aliphatic carbocycles. The summed E-state index contributed by atoms with van der Waals surface area (Å²) in [5.41, 5.74) is -0.774. The highest BCUT2D eigenvalue weighted by Crippen LogP contribution is 2.41. The predicted octanol–water partition coefficient (Wildman–Crippen LogP) is 1.46. The highest BCUT2D eigenvalue weighted by Gasteiger charge is 2.55. The Hall–Kier alpha value is -1.10. The van der Waals surface area contributed by atoms with E-state index >= 15 is 0 Å². The van der Waals surface area contributed by atoms with E-state index < -0.39 is 5.54 Å². The molecule has 2 aliphatic heterocycles. The molecule has 5 heteroatoms. The standard InChI is InChI=1S/C13H21NO4/c1-3-18-12(16)13-8-5-4-6-10(15)14(13)11(17-2)7-9-13/h11H,3-9H2,1-2H3/t11?,13-/m1/s1. The molecule has 0 spiro atoms. The average molecular weight is 255 g/mol. The van der Waals surface area contributed by atoms with Crippen LogP contribution < -0.4 is 0 Å². The second kappa shape index (κ2) is 5.26. The van der Waals surface area contributed by atoms with Crippen LogP contribution in [0.15, 0.2) is 0 Å². The first kappa shape index (κ1) is 13.3. The SMILES string of the molecule is CCOC(=O)[C@]12CCCCC(=O)N1C(OC)CC2. The smallest absolute Gasteiger partial charge is 0.332 e. The van der Waals surface area contributed by atoms with Crippen molar-refractivity contribution in [2.24, 2.45) is 0 Å². The quantitative estimate of drug-likeness (QED) is 0.716. The van der Waals surface area contributed by atoms with Crippen LogP contribution in [0, 0.1) is 0 Å². The maximum Gasteiger partial charge on any atom is 0.332 e. The largest absolute Gasteiger partial charge is 0.464 e. The molecule has 0 saturated carbocycles. The molecule has 1 unspecified atom stereocenters. The topological polar surface area (TPSA) is 55.8 Å². The normalized spacial score (nSPS) is 32.0. The first-order chi connectivity index (χ1) is 8.65. The number of esters is 1. The number of methoxy groups -OCH3 is 1. The van der Waals surface area contributed by atoms with E-state index in [0.717, 1.165) is 12.8 Å². The fourth-order valence-corrected chi connectivity index (χ4v) is 3.14. The molecule has 2 fully saturated rings. The Morgan fingerprint density at radius 1 is 1.44 bits per heavy atom. The summed E-state index contributed by atoms with van der Waals surface area (Å²) in [4.78, 5) is 26.2. The number of hydrogen-bond donors (Lipinski definition) is 0. The van der Waals surface area contributed by atoms with Crippen LogP contribution >= 0.6 is 0 Å². The number of nitrogens with zero attached hydrogens (tertiary/aromatic N) is 1. The van der Waals surface area contributed by atoms with E-state index in [2.05, 4.69) is 0 Å². The van der Waals surface area contributed by atoms with Crippen LogP contribution in [-0.4, -0.2) is 42.3 Å². The Morgan fingerprint density at radius 3 is 2.89 bits per heavy atom. The number of ether oxygens (including phenoxy) is 2. The first-order valence-electron chi connectivity index (χ1n) is 6.68. The van der Waals surface area contributed by atoms with E-state index in [1.165, 1.54) is 0 Å². The molecule has 0 bridgehead atoms. The molecule has 0 aromatic carbocycles. The third kappa shape index (κ3) is 2.00. The zero-order valence-corrected chi connectivity index (χ0v) is 11.1. The summed E-state index contributed by atoms with van der Waals surface area (Å²) < 4.78 is 10.6. The highest BCUT2D eigenvalue weighted by molar-refractivity contribution is 5.89. The summed E-state index contributed by atoms with van der Waals surface area (Å²) in [7, 11) is 1.59. The van der Waals surface area contributed by atoms with E-state index in [0.29, 0.717) is 32.3 Å². The van der Waals surface area contributed by atoms with Crippen molar-refractivity contribution in [3.05, 3.63) is 0 Å². The summed E-state index contributed by atoms with van der Waals surface area (Å²) >= 11 is 0. The molecule has 0 radical (unpaired) electrons. The number of carbonyl (C=O) groups is 2. The molecule has 2 heterocycles. The van der Waals surface area contributed by atoms with Gasteiger partial charge >= 0.3 is 5.97 Å². The fourth-order valence-electron chi connectivity index (χ4n) is 3.14. The zero-order valence-electron chi connectivity index (χ0n) is 11.1. The van der Waals surface area contributed by atoms with Gasteiger partial charge in [0.25, 0.3) is 0 Å². The monoisotopic (exact) mass is 255 g/mol. The van der Waals surface area contributed by atoms with Crippen LogP contribution in [0.2, 0.25) is 0 Å². The summed E-state index contributed by atoms with van der Waals surface area (Å²) in [5.74, 6) is -0.246. The van der Waals surface area contributed by atoms with Crippen molar-refractivity contribution in [1.82, 2.24) is 4.90 Å². The van der Waals surface area contributed by atoms with Crippen molar-refractivity contribution in [2.45, 2.75) is 57.2 Å². The van der Waals surface area contributed by atoms with Crippen LogP contribution in [0.4, 0.5) is 0 Å².